The highest BCUT2D eigenvalue weighted by Crippen LogP contribution is 2.48. The number of amides is 2. The molecule has 2 aliphatic rings. The Morgan fingerprint density at radius 3 is 2.33 bits per heavy atom. The highest BCUT2D eigenvalue weighted by molar-refractivity contribution is 8.00. The van der Waals surface area contributed by atoms with Gasteiger partial charge in [-0.25, -0.2) is 4.68 Å². The van der Waals surface area contributed by atoms with Crippen LogP contribution in [0.4, 0.5) is 5.82 Å². The number of nitrogens with zero attached hydrogens (tertiary/aromatic N) is 5. The molecule has 3 heterocycles. The molecule has 0 spiro atoms. The predicted molar refractivity (Wildman–Crippen MR) is 170 cm³/mol. The lowest BCUT2D eigenvalue weighted by atomic mass is 9.87. The van der Waals surface area contributed by atoms with E-state index in [1.165, 1.54) is 0 Å². The van der Waals surface area contributed by atoms with Crippen molar-refractivity contribution in [2.75, 3.05) is 57.0 Å². The number of hydrogen-bond donors (Lipinski definition) is 0. The first-order valence-electron chi connectivity index (χ1n) is 14.9. The van der Waals surface area contributed by atoms with Crippen LogP contribution in [0.2, 0.25) is 0 Å². The number of methoxy groups -OCH3 is 1. The Bertz CT molecular complexity index is 1420. The van der Waals surface area contributed by atoms with Gasteiger partial charge in [0.1, 0.15) is 18.1 Å². The predicted octanol–water partition coefficient (Wildman–Crippen LogP) is 5.07. The number of thioether (sulfide) groups is 1. The molecule has 0 saturated carbocycles. The summed E-state index contributed by atoms with van der Waals surface area (Å²) in [5.74, 6) is 1.66. The summed E-state index contributed by atoms with van der Waals surface area (Å²) in [6.07, 6.45) is 0.820. The molecule has 1 saturated heterocycles. The molecule has 2 aromatic carbocycles. The number of carbonyl (C=O) groups is 2. The number of likely N-dealkylation sites (N-methyl/N-ethyl adjacent to an activating group) is 1. The maximum atomic E-state index is 14.0. The van der Waals surface area contributed by atoms with E-state index in [0.29, 0.717) is 18.9 Å². The zero-order chi connectivity index (χ0) is 30.0. The van der Waals surface area contributed by atoms with Gasteiger partial charge in [0.2, 0.25) is 11.8 Å². The zero-order valence-corrected chi connectivity index (χ0v) is 26.5. The largest absolute Gasteiger partial charge is 0.497 e. The van der Waals surface area contributed by atoms with Crippen molar-refractivity contribution in [2.24, 2.45) is 0 Å². The number of benzene rings is 2. The van der Waals surface area contributed by atoms with E-state index in [1.807, 2.05) is 33.8 Å². The van der Waals surface area contributed by atoms with Gasteiger partial charge in [0.05, 0.1) is 29.5 Å². The van der Waals surface area contributed by atoms with E-state index in [2.05, 4.69) is 63.8 Å². The van der Waals surface area contributed by atoms with Gasteiger partial charge in [0, 0.05) is 37.2 Å². The van der Waals surface area contributed by atoms with E-state index in [9.17, 15) is 9.59 Å². The Hall–Kier alpha value is -3.30. The summed E-state index contributed by atoms with van der Waals surface area (Å²) >= 11 is 1.60. The summed E-state index contributed by atoms with van der Waals surface area (Å²) in [7, 11) is 1.66. The van der Waals surface area contributed by atoms with E-state index >= 15 is 0 Å². The van der Waals surface area contributed by atoms with Crippen LogP contribution in [-0.4, -0.2) is 83.5 Å². The molecule has 8 nitrogen and oxygen atoms in total. The van der Waals surface area contributed by atoms with Gasteiger partial charge in [-0.3, -0.25) is 14.5 Å². The third-order valence-electron chi connectivity index (χ3n) is 8.28. The Labute approximate surface area is 254 Å². The molecule has 2 aliphatic heterocycles. The van der Waals surface area contributed by atoms with Gasteiger partial charge in [0.15, 0.2) is 0 Å². The monoisotopic (exact) mass is 589 g/mol. The van der Waals surface area contributed by atoms with Crippen molar-refractivity contribution in [3.63, 3.8) is 0 Å². The molecule has 0 bridgehead atoms. The molecule has 224 valence electrons. The van der Waals surface area contributed by atoms with Crippen LogP contribution in [0, 0.1) is 0 Å². The SMILES string of the molecule is CCc1ccccc1-n1nc(C(C)(C)C)c2c1N(CC(=O)N1CCN(CC)CC1)C(=O)CS[C@@H]2c1ccc(OC)cc1. The van der Waals surface area contributed by atoms with E-state index in [0.717, 1.165) is 59.9 Å². The van der Waals surface area contributed by atoms with Gasteiger partial charge in [-0.05, 0) is 42.3 Å². The summed E-state index contributed by atoms with van der Waals surface area (Å²) in [5, 5.41) is 5.13. The van der Waals surface area contributed by atoms with Crippen LogP contribution in [0.1, 0.15) is 62.3 Å². The Morgan fingerprint density at radius 1 is 1.02 bits per heavy atom. The Kier molecular flexibility index (Phi) is 8.99. The summed E-state index contributed by atoms with van der Waals surface area (Å²) < 4.78 is 7.38. The average molecular weight is 590 g/mol. The minimum absolute atomic E-state index is 0.00256. The first kappa shape index (κ1) is 30.2. The molecular formula is C33H43N5O3S. The van der Waals surface area contributed by atoms with Crippen molar-refractivity contribution in [3.05, 3.63) is 70.9 Å². The molecule has 42 heavy (non-hydrogen) atoms. The molecule has 9 heteroatoms. The van der Waals surface area contributed by atoms with Gasteiger partial charge in [-0.2, -0.15) is 5.10 Å². The van der Waals surface area contributed by atoms with E-state index in [4.69, 9.17) is 9.84 Å². The molecule has 0 aliphatic carbocycles. The van der Waals surface area contributed by atoms with Crippen LogP contribution in [0.5, 0.6) is 5.75 Å². The fraction of sp³-hybridized carbons (Fsp3) is 0.485. The molecule has 3 aromatic rings. The van der Waals surface area contributed by atoms with Gasteiger partial charge in [0.25, 0.3) is 0 Å². The first-order chi connectivity index (χ1) is 20.2. The third kappa shape index (κ3) is 5.95. The lowest BCUT2D eigenvalue weighted by Crippen LogP contribution is -2.52. The lowest BCUT2D eigenvalue weighted by Gasteiger charge is -2.35. The molecule has 1 atom stereocenters. The van der Waals surface area contributed by atoms with E-state index < -0.39 is 0 Å². The molecule has 1 fully saturated rings. The maximum Gasteiger partial charge on any atom is 0.242 e. The second-order valence-corrected chi connectivity index (χ2v) is 13.1. The van der Waals surface area contributed by atoms with E-state index in [1.54, 1.807) is 23.8 Å². The van der Waals surface area contributed by atoms with Crippen LogP contribution in [0.25, 0.3) is 5.69 Å². The van der Waals surface area contributed by atoms with Crippen molar-refractivity contribution < 1.29 is 14.3 Å². The summed E-state index contributed by atoms with van der Waals surface area (Å²) in [5.41, 5.74) is 4.77. The second kappa shape index (κ2) is 12.5. The number of piperazine rings is 1. The molecule has 0 radical (unpaired) electrons. The fourth-order valence-electron chi connectivity index (χ4n) is 5.85. The number of anilines is 1. The van der Waals surface area contributed by atoms with Crippen molar-refractivity contribution in [3.8, 4) is 11.4 Å². The van der Waals surface area contributed by atoms with Gasteiger partial charge >= 0.3 is 0 Å². The molecular weight excluding hydrogens is 546 g/mol. The van der Waals surface area contributed by atoms with E-state index in [-0.39, 0.29) is 34.8 Å². The quantitative estimate of drug-likeness (QED) is 0.383. The topological polar surface area (TPSA) is 70.9 Å². The van der Waals surface area contributed by atoms with Gasteiger partial charge in [-0.1, -0.05) is 65.0 Å². The maximum absolute atomic E-state index is 14.0. The second-order valence-electron chi connectivity index (χ2n) is 12.0. The zero-order valence-electron chi connectivity index (χ0n) is 25.7. The third-order valence-corrected chi connectivity index (χ3v) is 9.54. The lowest BCUT2D eigenvalue weighted by molar-refractivity contribution is -0.132. The summed E-state index contributed by atoms with van der Waals surface area (Å²) in [4.78, 5) is 33.8. The summed E-state index contributed by atoms with van der Waals surface area (Å²) in [6.45, 7) is 14.8. The van der Waals surface area contributed by atoms with Crippen LogP contribution in [-0.2, 0) is 21.4 Å². The smallest absolute Gasteiger partial charge is 0.242 e. The Morgan fingerprint density at radius 2 is 1.71 bits per heavy atom. The number of aryl methyl sites for hydroxylation is 1. The van der Waals surface area contributed by atoms with Crippen LogP contribution < -0.4 is 9.64 Å². The minimum atomic E-state index is -0.304. The minimum Gasteiger partial charge on any atom is -0.497 e. The van der Waals surface area contributed by atoms with Crippen LogP contribution in [0.15, 0.2) is 48.5 Å². The number of ether oxygens (including phenoxy) is 1. The van der Waals surface area contributed by atoms with Crippen LogP contribution >= 0.6 is 11.8 Å². The fourth-order valence-corrected chi connectivity index (χ4v) is 7.05. The number of aromatic nitrogens is 2. The molecule has 5 rings (SSSR count). The van der Waals surface area contributed by atoms with Crippen molar-refractivity contribution in [1.29, 1.82) is 0 Å². The highest BCUT2D eigenvalue weighted by atomic mass is 32.2. The normalized spacial score (nSPS) is 18.1. The average Bonchev–Trinajstić information content (AvgIpc) is 3.34. The Balaban J connectivity index is 1.69. The number of hydrogen-bond acceptors (Lipinski definition) is 6. The number of rotatable bonds is 7. The van der Waals surface area contributed by atoms with Gasteiger partial charge in [-0.15, -0.1) is 11.8 Å². The standard InChI is InChI=1S/C33H43N5O3S/c1-7-23-11-9-10-12-26(23)38-32-29(31(34-38)33(3,4)5)30(24-13-15-25(41-6)16-14-24)42-22-28(40)37(32)21-27(39)36-19-17-35(8-2)18-20-36/h9-16,30H,7-8,17-22H2,1-6H3/t30-/m1/s1. The number of fused-ring (bicyclic) bond motifs is 1. The number of para-hydroxylation sites is 1. The molecule has 1 aromatic heterocycles. The molecule has 2 amide bonds. The number of carbonyl (C=O) groups excluding carboxylic acids is 2. The summed E-state index contributed by atoms with van der Waals surface area (Å²) in [6, 6.07) is 16.3. The van der Waals surface area contributed by atoms with Gasteiger partial charge < -0.3 is 14.5 Å². The molecule has 0 N–H and O–H groups in total. The van der Waals surface area contributed by atoms with Crippen molar-refractivity contribution in [2.45, 2.75) is 51.7 Å². The van der Waals surface area contributed by atoms with Crippen molar-refractivity contribution >= 4 is 29.4 Å². The first-order valence-corrected chi connectivity index (χ1v) is 16.0. The van der Waals surface area contributed by atoms with Crippen molar-refractivity contribution in [1.82, 2.24) is 19.6 Å². The highest BCUT2D eigenvalue weighted by Gasteiger charge is 2.40. The van der Waals surface area contributed by atoms with Crippen LogP contribution in [0.3, 0.4) is 0 Å². The molecule has 0 unspecified atom stereocenters.